The first kappa shape index (κ1) is 8.26. The molecule has 0 saturated carbocycles. The summed E-state index contributed by atoms with van der Waals surface area (Å²) in [7, 11) is 0. The van der Waals surface area contributed by atoms with Gasteiger partial charge < -0.3 is 0 Å². The highest BCUT2D eigenvalue weighted by atomic mass is 35.5. The molecule has 0 spiro atoms. The maximum Gasteiger partial charge on any atom is 0.0829 e. The number of aromatic nitrogens is 3. The molecule has 0 unspecified atom stereocenters. The van der Waals surface area contributed by atoms with E-state index in [1.54, 1.807) is 23.3 Å². The third kappa shape index (κ3) is 1.55. The second-order valence-electron chi connectivity index (χ2n) is 2.72. The van der Waals surface area contributed by atoms with Crippen molar-refractivity contribution in [3.05, 3.63) is 41.4 Å². The second-order valence-corrected chi connectivity index (χ2v) is 3.13. The zero-order valence-corrected chi connectivity index (χ0v) is 7.86. The molecular formula is C9H8ClN3. The van der Waals surface area contributed by atoms with E-state index in [1.807, 2.05) is 19.1 Å². The molecule has 0 saturated heterocycles. The van der Waals surface area contributed by atoms with Crippen molar-refractivity contribution >= 4 is 11.6 Å². The van der Waals surface area contributed by atoms with Gasteiger partial charge in [-0.25, -0.2) is 4.68 Å². The Kier molecular flexibility index (Phi) is 2.02. The largest absolute Gasteiger partial charge is 0.262 e. The molecule has 66 valence electrons. The van der Waals surface area contributed by atoms with E-state index in [2.05, 4.69) is 10.1 Å². The molecule has 2 aromatic heterocycles. The number of rotatable bonds is 1. The van der Waals surface area contributed by atoms with Crippen LogP contribution in [0.5, 0.6) is 0 Å². The molecule has 0 atom stereocenters. The van der Waals surface area contributed by atoms with Crippen LogP contribution < -0.4 is 0 Å². The average Bonchev–Trinajstić information content (AvgIpc) is 2.49. The van der Waals surface area contributed by atoms with Crippen molar-refractivity contribution in [1.82, 2.24) is 14.8 Å². The summed E-state index contributed by atoms with van der Waals surface area (Å²) in [6, 6.07) is 3.79. The molecule has 3 nitrogen and oxygen atoms in total. The highest BCUT2D eigenvalue weighted by molar-refractivity contribution is 6.31. The van der Waals surface area contributed by atoms with Crippen molar-refractivity contribution in [1.29, 1.82) is 0 Å². The topological polar surface area (TPSA) is 30.7 Å². The minimum atomic E-state index is 0.670. The van der Waals surface area contributed by atoms with Gasteiger partial charge in [0.1, 0.15) is 0 Å². The number of pyridine rings is 1. The van der Waals surface area contributed by atoms with Crippen LogP contribution in [0.25, 0.3) is 5.69 Å². The van der Waals surface area contributed by atoms with Crippen LogP contribution in [0.3, 0.4) is 0 Å². The van der Waals surface area contributed by atoms with Crippen molar-refractivity contribution in [3.63, 3.8) is 0 Å². The zero-order chi connectivity index (χ0) is 9.26. The summed E-state index contributed by atoms with van der Waals surface area (Å²) in [5, 5.41) is 4.90. The SMILES string of the molecule is Cc1nn(-c2cccnc2)cc1Cl. The molecule has 0 aliphatic carbocycles. The van der Waals surface area contributed by atoms with Crippen molar-refractivity contribution in [3.8, 4) is 5.69 Å². The van der Waals surface area contributed by atoms with Gasteiger partial charge in [-0.1, -0.05) is 11.6 Å². The fraction of sp³-hybridized carbons (Fsp3) is 0.111. The van der Waals surface area contributed by atoms with Crippen LogP contribution in [-0.2, 0) is 0 Å². The van der Waals surface area contributed by atoms with Crippen LogP contribution in [-0.4, -0.2) is 14.8 Å². The standard InChI is InChI=1S/C9H8ClN3/c1-7-9(10)6-13(12-7)8-3-2-4-11-5-8/h2-6H,1H3. The van der Waals surface area contributed by atoms with Gasteiger partial charge in [-0.3, -0.25) is 4.98 Å². The Balaban J connectivity index is 2.48. The molecule has 13 heavy (non-hydrogen) atoms. The van der Waals surface area contributed by atoms with E-state index in [-0.39, 0.29) is 0 Å². The quantitative estimate of drug-likeness (QED) is 0.696. The van der Waals surface area contributed by atoms with Gasteiger partial charge in [-0.2, -0.15) is 5.10 Å². The lowest BCUT2D eigenvalue weighted by Gasteiger charge is -1.97. The van der Waals surface area contributed by atoms with Crippen molar-refractivity contribution in [2.45, 2.75) is 6.92 Å². The Morgan fingerprint density at radius 2 is 2.31 bits per heavy atom. The minimum Gasteiger partial charge on any atom is -0.262 e. The minimum absolute atomic E-state index is 0.670. The van der Waals surface area contributed by atoms with E-state index < -0.39 is 0 Å². The first-order valence-corrected chi connectivity index (χ1v) is 4.27. The Morgan fingerprint density at radius 1 is 1.46 bits per heavy atom. The zero-order valence-electron chi connectivity index (χ0n) is 7.11. The number of nitrogens with zero attached hydrogens (tertiary/aromatic N) is 3. The lowest BCUT2D eigenvalue weighted by Crippen LogP contribution is -1.94. The third-order valence-electron chi connectivity index (χ3n) is 1.75. The molecule has 0 radical (unpaired) electrons. The molecule has 0 N–H and O–H groups in total. The molecule has 0 fully saturated rings. The van der Waals surface area contributed by atoms with E-state index >= 15 is 0 Å². The van der Waals surface area contributed by atoms with E-state index in [9.17, 15) is 0 Å². The van der Waals surface area contributed by atoms with Gasteiger partial charge in [-0.05, 0) is 19.1 Å². The Morgan fingerprint density at radius 3 is 2.85 bits per heavy atom. The Hall–Kier alpha value is -1.35. The first-order valence-electron chi connectivity index (χ1n) is 3.89. The van der Waals surface area contributed by atoms with Crippen molar-refractivity contribution < 1.29 is 0 Å². The number of hydrogen-bond donors (Lipinski definition) is 0. The lowest BCUT2D eigenvalue weighted by molar-refractivity contribution is 0.857. The van der Waals surface area contributed by atoms with Crippen LogP contribution in [0.15, 0.2) is 30.7 Å². The number of halogens is 1. The molecule has 0 bridgehead atoms. The molecule has 4 heteroatoms. The monoisotopic (exact) mass is 193 g/mol. The molecule has 0 amide bonds. The summed E-state index contributed by atoms with van der Waals surface area (Å²) >= 11 is 5.88. The highest BCUT2D eigenvalue weighted by Crippen LogP contribution is 2.15. The number of aryl methyl sites for hydroxylation is 1. The molecule has 2 aromatic rings. The van der Waals surface area contributed by atoms with Gasteiger partial charge in [-0.15, -0.1) is 0 Å². The smallest absolute Gasteiger partial charge is 0.0829 e. The fourth-order valence-electron chi connectivity index (χ4n) is 1.06. The molecular weight excluding hydrogens is 186 g/mol. The highest BCUT2D eigenvalue weighted by Gasteiger charge is 2.02. The van der Waals surface area contributed by atoms with Gasteiger partial charge in [0, 0.05) is 12.4 Å². The maximum absolute atomic E-state index is 5.88. The van der Waals surface area contributed by atoms with Gasteiger partial charge >= 0.3 is 0 Å². The summed E-state index contributed by atoms with van der Waals surface area (Å²) in [6.45, 7) is 1.87. The normalized spacial score (nSPS) is 10.3. The summed E-state index contributed by atoms with van der Waals surface area (Å²) in [4.78, 5) is 4.00. The Labute approximate surface area is 81.0 Å². The predicted molar refractivity (Wildman–Crippen MR) is 51.1 cm³/mol. The van der Waals surface area contributed by atoms with E-state index in [0.29, 0.717) is 5.02 Å². The van der Waals surface area contributed by atoms with Crippen LogP contribution in [0.1, 0.15) is 5.69 Å². The predicted octanol–water partition coefficient (Wildman–Crippen LogP) is 2.23. The van der Waals surface area contributed by atoms with Crippen LogP contribution in [0.4, 0.5) is 0 Å². The van der Waals surface area contributed by atoms with Crippen LogP contribution in [0, 0.1) is 6.92 Å². The van der Waals surface area contributed by atoms with Gasteiger partial charge in [0.2, 0.25) is 0 Å². The van der Waals surface area contributed by atoms with Crippen molar-refractivity contribution in [2.24, 2.45) is 0 Å². The summed E-state index contributed by atoms with van der Waals surface area (Å²) in [5.41, 5.74) is 1.74. The van der Waals surface area contributed by atoms with Gasteiger partial charge in [0.15, 0.2) is 0 Å². The molecule has 2 heterocycles. The molecule has 2 rings (SSSR count). The fourth-order valence-corrected chi connectivity index (χ4v) is 1.19. The van der Waals surface area contributed by atoms with Crippen LogP contribution >= 0.6 is 11.6 Å². The molecule has 0 aromatic carbocycles. The van der Waals surface area contributed by atoms with Gasteiger partial charge in [0.05, 0.1) is 22.6 Å². The Bertz CT molecular complexity index is 389. The van der Waals surface area contributed by atoms with Crippen LogP contribution in [0.2, 0.25) is 5.02 Å². The molecule has 0 aliphatic heterocycles. The summed E-state index contributed by atoms with van der Waals surface area (Å²) < 4.78 is 1.71. The lowest BCUT2D eigenvalue weighted by atomic mass is 10.4. The summed E-state index contributed by atoms with van der Waals surface area (Å²) in [6.07, 6.45) is 5.23. The third-order valence-corrected chi connectivity index (χ3v) is 2.12. The first-order chi connectivity index (χ1) is 6.27. The van der Waals surface area contributed by atoms with E-state index in [1.165, 1.54) is 0 Å². The summed E-state index contributed by atoms with van der Waals surface area (Å²) in [5.74, 6) is 0. The van der Waals surface area contributed by atoms with Crippen molar-refractivity contribution in [2.75, 3.05) is 0 Å². The van der Waals surface area contributed by atoms with E-state index in [4.69, 9.17) is 11.6 Å². The average molecular weight is 194 g/mol. The van der Waals surface area contributed by atoms with Gasteiger partial charge in [0.25, 0.3) is 0 Å². The van der Waals surface area contributed by atoms with E-state index in [0.717, 1.165) is 11.4 Å². The second kappa shape index (κ2) is 3.18. The maximum atomic E-state index is 5.88. The number of hydrogen-bond acceptors (Lipinski definition) is 2. The molecule has 0 aliphatic rings.